The van der Waals surface area contributed by atoms with Gasteiger partial charge in [-0.2, -0.15) is 11.8 Å². The van der Waals surface area contributed by atoms with Crippen LogP contribution in [0.1, 0.15) is 25.3 Å². The monoisotopic (exact) mass is 278 g/mol. The lowest BCUT2D eigenvalue weighted by Gasteiger charge is -2.29. The van der Waals surface area contributed by atoms with Gasteiger partial charge in [0.05, 0.1) is 0 Å². The van der Waals surface area contributed by atoms with Crippen LogP contribution in [0, 0.1) is 0 Å². The molecule has 0 bridgehead atoms. The predicted octanol–water partition coefficient (Wildman–Crippen LogP) is 2.99. The second-order valence-corrected chi connectivity index (χ2v) is 6.86. The molecule has 0 aliphatic carbocycles. The molecule has 2 rings (SSSR count). The first-order valence-corrected chi connectivity index (χ1v) is 8.46. The minimum atomic E-state index is 0.571. The van der Waals surface area contributed by atoms with Crippen LogP contribution in [-0.4, -0.2) is 42.1 Å². The summed E-state index contributed by atoms with van der Waals surface area (Å²) in [6.07, 6.45) is 2.66. The van der Waals surface area contributed by atoms with E-state index in [0.29, 0.717) is 6.04 Å². The molecule has 1 N–H and O–H groups in total. The highest BCUT2D eigenvalue weighted by molar-refractivity contribution is 7.99. The third-order valence-corrected chi connectivity index (χ3v) is 4.67. The van der Waals surface area contributed by atoms with Crippen molar-refractivity contribution in [3.8, 4) is 0 Å². The van der Waals surface area contributed by atoms with Gasteiger partial charge >= 0.3 is 0 Å². The smallest absolute Gasteiger partial charge is 0.0231 e. The average Bonchev–Trinajstić information content (AvgIpc) is 2.40. The Labute approximate surface area is 122 Å². The van der Waals surface area contributed by atoms with E-state index in [2.05, 4.69) is 66.3 Å². The van der Waals surface area contributed by atoms with Gasteiger partial charge in [0.25, 0.3) is 0 Å². The number of nitrogens with zero attached hydrogens (tertiary/aromatic N) is 1. The lowest BCUT2D eigenvalue weighted by molar-refractivity contribution is 0.274. The molecule has 1 unspecified atom stereocenters. The fourth-order valence-corrected chi connectivity index (χ4v) is 3.85. The maximum Gasteiger partial charge on any atom is 0.0231 e. The first-order valence-electron chi connectivity index (χ1n) is 7.30. The maximum atomic E-state index is 3.78. The van der Waals surface area contributed by atoms with Gasteiger partial charge in [-0.25, -0.2) is 0 Å². The molecule has 1 saturated heterocycles. The van der Waals surface area contributed by atoms with Crippen LogP contribution >= 0.6 is 11.8 Å². The van der Waals surface area contributed by atoms with Crippen LogP contribution in [0.2, 0.25) is 0 Å². The highest BCUT2D eigenvalue weighted by atomic mass is 32.2. The number of hydrogen-bond acceptors (Lipinski definition) is 3. The van der Waals surface area contributed by atoms with Crippen LogP contribution < -0.4 is 5.32 Å². The third-order valence-electron chi connectivity index (χ3n) is 3.62. The molecular formula is C16H26N2S. The van der Waals surface area contributed by atoms with E-state index < -0.39 is 0 Å². The second-order valence-electron chi connectivity index (χ2n) is 5.64. The SMILES string of the molecule is CC(CN(C)Cc1ccccc1)NC1CCSCC1. The largest absolute Gasteiger partial charge is 0.310 e. The van der Waals surface area contributed by atoms with Crippen molar-refractivity contribution >= 4 is 11.8 Å². The van der Waals surface area contributed by atoms with E-state index in [4.69, 9.17) is 0 Å². The summed E-state index contributed by atoms with van der Waals surface area (Å²) in [7, 11) is 2.21. The molecule has 0 radical (unpaired) electrons. The summed E-state index contributed by atoms with van der Waals surface area (Å²) in [6.45, 7) is 4.45. The van der Waals surface area contributed by atoms with Crippen molar-refractivity contribution in [3.05, 3.63) is 35.9 Å². The molecule has 106 valence electrons. The van der Waals surface area contributed by atoms with Gasteiger partial charge in [-0.05, 0) is 43.9 Å². The Morgan fingerprint density at radius 3 is 2.63 bits per heavy atom. The van der Waals surface area contributed by atoms with E-state index in [0.717, 1.165) is 19.1 Å². The molecule has 1 aliphatic heterocycles. The van der Waals surface area contributed by atoms with Crippen LogP contribution in [0.15, 0.2) is 30.3 Å². The molecule has 0 amide bonds. The molecule has 0 spiro atoms. The minimum Gasteiger partial charge on any atom is -0.310 e. The number of nitrogens with one attached hydrogen (secondary N) is 1. The molecule has 3 heteroatoms. The standard InChI is InChI=1S/C16H26N2S/c1-14(17-16-8-10-19-11-9-16)12-18(2)13-15-6-4-3-5-7-15/h3-7,14,16-17H,8-13H2,1-2H3. The van der Waals surface area contributed by atoms with Gasteiger partial charge in [-0.3, -0.25) is 0 Å². The van der Waals surface area contributed by atoms with Crippen LogP contribution in [-0.2, 0) is 6.54 Å². The van der Waals surface area contributed by atoms with Gasteiger partial charge in [0.1, 0.15) is 0 Å². The molecule has 1 aliphatic rings. The van der Waals surface area contributed by atoms with E-state index in [9.17, 15) is 0 Å². The fraction of sp³-hybridized carbons (Fsp3) is 0.625. The topological polar surface area (TPSA) is 15.3 Å². The van der Waals surface area contributed by atoms with Crippen LogP contribution in [0.4, 0.5) is 0 Å². The van der Waals surface area contributed by atoms with Crippen molar-refractivity contribution in [3.63, 3.8) is 0 Å². The van der Waals surface area contributed by atoms with E-state index in [1.54, 1.807) is 0 Å². The molecule has 1 heterocycles. The van der Waals surface area contributed by atoms with Gasteiger partial charge < -0.3 is 10.2 Å². The first-order chi connectivity index (χ1) is 9.24. The van der Waals surface area contributed by atoms with Crippen LogP contribution in [0.5, 0.6) is 0 Å². The van der Waals surface area contributed by atoms with Crippen molar-refractivity contribution < 1.29 is 0 Å². The van der Waals surface area contributed by atoms with Gasteiger partial charge in [0.2, 0.25) is 0 Å². The van der Waals surface area contributed by atoms with Crippen molar-refractivity contribution in [1.82, 2.24) is 10.2 Å². The summed E-state index contributed by atoms with van der Waals surface area (Å²) in [5.41, 5.74) is 1.39. The Hall–Kier alpha value is -0.510. The van der Waals surface area contributed by atoms with Gasteiger partial charge in [0, 0.05) is 25.2 Å². The van der Waals surface area contributed by atoms with Crippen molar-refractivity contribution in [2.45, 2.75) is 38.4 Å². The molecule has 1 aromatic rings. The zero-order valence-corrected chi connectivity index (χ0v) is 13.0. The minimum absolute atomic E-state index is 0.571. The Kier molecular flexibility index (Phi) is 6.21. The molecule has 0 saturated carbocycles. The third kappa shape index (κ3) is 5.55. The average molecular weight is 278 g/mol. The normalized spacial score (nSPS) is 18.7. The zero-order valence-electron chi connectivity index (χ0n) is 12.1. The summed E-state index contributed by atoms with van der Waals surface area (Å²) in [4.78, 5) is 2.41. The predicted molar refractivity (Wildman–Crippen MR) is 85.7 cm³/mol. The van der Waals surface area contributed by atoms with E-state index >= 15 is 0 Å². The van der Waals surface area contributed by atoms with Crippen LogP contribution in [0.3, 0.4) is 0 Å². The van der Waals surface area contributed by atoms with E-state index in [1.165, 1.54) is 29.9 Å². The quantitative estimate of drug-likeness (QED) is 0.861. The number of benzene rings is 1. The van der Waals surface area contributed by atoms with Crippen molar-refractivity contribution in [2.24, 2.45) is 0 Å². The molecule has 19 heavy (non-hydrogen) atoms. The second kappa shape index (κ2) is 7.93. The number of rotatable bonds is 6. The number of hydrogen-bond donors (Lipinski definition) is 1. The lowest BCUT2D eigenvalue weighted by Crippen LogP contribution is -2.44. The Morgan fingerprint density at radius 1 is 1.26 bits per heavy atom. The molecule has 2 nitrogen and oxygen atoms in total. The Morgan fingerprint density at radius 2 is 1.95 bits per heavy atom. The summed E-state index contributed by atoms with van der Waals surface area (Å²) in [5, 5.41) is 3.78. The summed E-state index contributed by atoms with van der Waals surface area (Å²) < 4.78 is 0. The Bertz CT molecular complexity index is 349. The molecule has 1 fully saturated rings. The molecule has 1 atom stereocenters. The zero-order chi connectivity index (χ0) is 13.5. The van der Waals surface area contributed by atoms with Crippen molar-refractivity contribution in [2.75, 3.05) is 25.1 Å². The van der Waals surface area contributed by atoms with Crippen LogP contribution in [0.25, 0.3) is 0 Å². The van der Waals surface area contributed by atoms with Crippen molar-refractivity contribution in [1.29, 1.82) is 0 Å². The summed E-state index contributed by atoms with van der Waals surface area (Å²) in [6, 6.07) is 12.0. The lowest BCUT2D eigenvalue weighted by atomic mass is 10.1. The molecule has 1 aromatic carbocycles. The van der Waals surface area contributed by atoms with Gasteiger partial charge in [-0.15, -0.1) is 0 Å². The number of likely N-dealkylation sites (N-methyl/N-ethyl adjacent to an activating group) is 1. The Balaban J connectivity index is 1.70. The van der Waals surface area contributed by atoms with E-state index in [-0.39, 0.29) is 0 Å². The molecule has 0 aromatic heterocycles. The fourth-order valence-electron chi connectivity index (χ4n) is 2.75. The highest BCUT2D eigenvalue weighted by Gasteiger charge is 2.16. The highest BCUT2D eigenvalue weighted by Crippen LogP contribution is 2.17. The number of thioether (sulfide) groups is 1. The van der Waals surface area contributed by atoms with E-state index in [1.807, 2.05) is 0 Å². The summed E-state index contributed by atoms with van der Waals surface area (Å²) >= 11 is 2.09. The van der Waals surface area contributed by atoms with Gasteiger partial charge in [-0.1, -0.05) is 30.3 Å². The maximum absolute atomic E-state index is 3.78. The van der Waals surface area contributed by atoms with Gasteiger partial charge in [0.15, 0.2) is 0 Å². The molecular weight excluding hydrogens is 252 g/mol. The first kappa shape index (κ1) is 14.9. The summed E-state index contributed by atoms with van der Waals surface area (Å²) in [5.74, 6) is 2.65.